The first-order chi connectivity index (χ1) is 8.45. The molecule has 100 valence electrons. The fourth-order valence-electron chi connectivity index (χ4n) is 1.43. The number of urea groups is 1. The number of aliphatic hydroxyl groups is 1. The van der Waals surface area contributed by atoms with E-state index in [2.05, 4.69) is 20.8 Å². The van der Waals surface area contributed by atoms with Gasteiger partial charge in [-0.1, -0.05) is 0 Å². The molecule has 0 aliphatic rings. The van der Waals surface area contributed by atoms with Gasteiger partial charge in [0.25, 0.3) is 0 Å². The molecule has 0 bridgehead atoms. The maximum Gasteiger partial charge on any atom is 0.326 e. The van der Waals surface area contributed by atoms with E-state index in [0.29, 0.717) is 17.1 Å². The molecule has 1 aromatic heterocycles. The lowest BCUT2D eigenvalue weighted by atomic mass is 10.2. The first kappa shape index (κ1) is 14.0. The summed E-state index contributed by atoms with van der Waals surface area (Å²) in [5.74, 6) is -1.19. The summed E-state index contributed by atoms with van der Waals surface area (Å²) in [7, 11) is 0. The van der Waals surface area contributed by atoms with Crippen LogP contribution in [0.2, 0.25) is 0 Å². The van der Waals surface area contributed by atoms with Gasteiger partial charge in [0.1, 0.15) is 6.04 Å². The van der Waals surface area contributed by atoms with Crippen LogP contribution in [-0.4, -0.2) is 45.1 Å². The molecule has 0 aliphatic carbocycles. The number of hydrogen-bond donors (Lipinski definition) is 5. The number of rotatable bonds is 5. The van der Waals surface area contributed by atoms with Crippen LogP contribution >= 0.6 is 0 Å². The van der Waals surface area contributed by atoms with Crippen molar-refractivity contribution in [3.8, 4) is 0 Å². The number of nitrogens with one attached hydrogen (secondary N) is 3. The maximum atomic E-state index is 11.6. The average Bonchev–Trinajstić information content (AvgIpc) is 2.60. The number of aliphatic hydroxyl groups excluding tert-OH is 1. The van der Waals surface area contributed by atoms with Crippen LogP contribution in [0.3, 0.4) is 0 Å². The predicted molar refractivity (Wildman–Crippen MR) is 63.3 cm³/mol. The van der Waals surface area contributed by atoms with E-state index in [1.54, 1.807) is 13.8 Å². The third kappa shape index (κ3) is 3.45. The van der Waals surface area contributed by atoms with Crippen LogP contribution < -0.4 is 10.6 Å². The molecule has 0 spiro atoms. The van der Waals surface area contributed by atoms with Crippen LogP contribution in [0.15, 0.2) is 0 Å². The molecule has 8 nitrogen and oxygen atoms in total. The monoisotopic (exact) mass is 256 g/mol. The molecule has 2 amide bonds. The summed E-state index contributed by atoms with van der Waals surface area (Å²) < 4.78 is 0. The lowest BCUT2D eigenvalue weighted by molar-refractivity contribution is -0.139. The Morgan fingerprint density at radius 2 is 2.11 bits per heavy atom. The molecular formula is C10H16N4O4. The zero-order chi connectivity index (χ0) is 13.7. The van der Waals surface area contributed by atoms with Gasteiger partial charge >= 0.3 is 12.0 Å². The Morgan fingerprint density at radius 3 is 2.56 bits per heavy atom. The highest BCUT2D eigenvalue weighted by Gasteiger charge is 2.20. The molecule has 1 aromatic rings. The minimum absolute atomic E-state index is 0.0495. The minimum atomic E-state index is -1.19. The topological polar surface area (TPSA) is 127 Å². The number of anilines is 1. The van der Waals surface area contributed by atoms with Crippen molar-refractivity contribution in [2.45, 2.75) is 26.3 Å². The van der Waals surface area contributed by atoms with Crippen LogP contribution in [-0.2, 0) is 4.79 Å². The third-order valence-electron chi connectivity index (χ3n) is 2.39. The Kier molecular flexibility index (Phi) is 4.67. The molecule has 0 saturated heterocycles. The molecule has 0 aromatic carbocycles. The lowest BCUT2D eigenvalue weighted by Crippen LogP contribution is -2.43. The van der Waals surface area contributed by atoms with E-state index >= 15 is 0 Å². The third-order valence-corrected chi connectivity index (χ3v) is 2.39. The Labute approximate surface area is 103 Å². The van der Waals surface area contributed by atoms with Gasteiger partial charge in [0, 0.05) is 13.0 Å². The Bertz CT molecular complexity index is 424. The number of carbonyl (C=O) groups is 2. The van der Waals surface area contributed by atoms with Gasteiger partial charge in [-0.25, -0.2) is 9.59 Å². The highest BCUT2D eigenvalue weighted by atomic mass is 16.4. The second-order valence-electron chi connectivity index (χ2n) is 3.81. The Balaban J connectivity index is 2.63. The van der Waals surface area contributed by atoms with Crippen molar-refractivity contribution < 1.29 is 19.8 Å². The van der Waals surface area contributed by atoms with Crippen molar-refractivity contribution in [3.63, 3.8) is 0 Å². The standard InChI is InChI=1S/C10H16N4O4/c1-5-8(6(2)14-13-5)12-10(18)11-7(3-4-15)9(16)17/h7,15H,3-4H2,1-2H3,(H,13,14)(H,16,17)(H2,11,12,18)/t7-/m0/s1. The van der Waals surface area contributed by atoms with Crippen LogP contribution in [0, 0.1) is 13.8 Å². The zero-order valence-corrected chi connectivity index (χ0v) is 10.1. The number of amides is 2. The molecule has 18 heavy (non-hydrogen) atoms. The predicted octanol–water partition coefficient (Wildman–Crippen LogP) is -0.0164. The number of H-pyrrole nitrogens is 1. The number of aromatic amines is 1. The van der Waals surface area contributed by atoms with Crippen molar-refractivity contribution in [1.29, 1.82) is 0 Å². The van der Waals surface area contributed by atoms with Crippen LogP contribution in [0.4, 0.5) is 10.5 Å². The van der Waals surface area contributed by atoms with Gasteiger partial charge in [0.15, 0.2) is 0 Å². The second-order valence-corrected chi connectivity index (χ2v) is 3.81. The van der Waals surface area contributed by atoms with Crippen LogP contribution in [0.1, 0.15) is 17.8 Å². The molecule has 0 fully saturated rings. The number of hydrogen-bond acceptors (Lipinski definition) is 4. The van der Waals surface area contributed by atoms with Gasteiger partial charge in [-0.05, 0) is 13.8 Å². The van der Waals surface area contributed by atoms with Gasteiger partial charge in [-0.2, -0.15) is 5.10 Å². The number of nitrogens with zero attached hydrogens (tertiary/aromatic N) is 1. The number of aromatic nitrogens is 2. The first-order valence-electron chi connectivity index (χ1n) is 5.38. The summed E-state index contributed by atoms with van der Waals surface area (Å²) in [6.45, 7) is 3.13. The summed E-state index contributed by atoms with van der Waals surface area (Å²) in [5.41, 5.74) is 1.80. The molecular weight excluding hydrogens is 240 g/mol. The quantitative estimate of drug-likeness (QED) is 0.506. The highest BCUT2D eigenvalue weighted by molar-refractivity contribution is 5.93. The van der Waals surface area contributed by atoms with Gasteiger partial charge in [-0.3, -0.25) is 5.10 Å². The Morgan fingerprint density at radius 1 is 1.44 bits per heavy atom. The largest absolute Gasteiger partial charge is 0.480 e. The molecule has 1 rings (SSSR count). The normalized spacial score (nSPS) is 11.9. The number of carboxylic acids is 1. The van der Waals surface area contributed by atoms with Crippen molar-refractivity contribution in [2.24, 2.45) is 0 Å². The number of carbonyl (C=O) groups excluding carboxylic acids is 1. The zero-order valence-electron chi connectivity index (χ0n) is 10.1. The fraction of sp³-hybridized carbons (Fsp3) is 0.500. The van der Waals surface area contributed by atoms with Gasteiger partial charge in [0.05, 0.1) is 17.1 Å². The number of aliphatic carboxylic acids is 1. The van der Waals surface area contributed by atoms with E-state index in [4.69, 9.17) is 10.2 Å². The fourth-order valence-corrected chi connectivity index (χ4v) is 1.43. The highest BCUT2D eigenvalue weighted by Crippen LogP contribution is 2.15. The van der Waals surface area contributed by atoms with Crippen LogP contribution in [0.25, 0.3) is 0 Å². The summed E-state index contributed by atoms with van der Waals surface area (Å²) in [6.07, 6.45) is -0.0495. The summed E-state index contributed by atoms with van der Waals surface area (Å²) in [4.78, 5) is 22.4. The summed E-state index contributed by atoms with van der Waals surface area (Å²) in [6, 6.07) is -1.77. The van der Waals surface area contributed by atoms with E-state index in [9.17, 15) is 9.59 Å². The maximum absolute atomic E-state index is 11.6. The minimum Gasteiger partial charge on any atom is -0.480 e. The number of carboxylic acid groups (broad SMARTS) is 1. The second kappa shape index (κ2) is 6.01. The van der Waals surface area contributed by atoms with E-state index in [1.165, 1.54) is 0 Å². The molecule has 0 saturated carbocycles. The van der Waals surface area contributed by atoms with Crippen molar-refractivity contribution in [2.75, 3.05) is 11.9 Å². The number of aryl methyl sites for hydroxylation is 2. The van der Waals surface area contributed by atoms with Crippen molar-refractivity contribution in [3.05, 3.63) is 11.4 Å². The molecule has 1 atom stereocenters. The van der Waals surface area contributed by atoms with Crippen molar-refractivity contribution >= 4 is 17.7 Å². The van der Waals surface area contributed by atoms with E-state index in [0.717, 1.165) is 0 Å². The molecule has 1 heterocycles. The van der Waals surface area contributed by atoms with Crippen molar-refractivity contribution in [1.82, 2.24) is 15.5 Å². The van der Waals surface area contributed by atoms with E-state index in [-0.39, 0.29) is 13.0 Å². The summed E-state index contributed by atoms with van der Waals surface area (Å²) >= 11 is 0. The first-order valence-corrected chi connectivity index (χ1v) is 5.38. The molecule has 0 unspecified atom stereocenters. The van der Waals surface area contributed by atoms with Gasteiger partial charge in [-0.15, -0.1) is 0 Å². The van der Waals surface area contributed by atoms with Crippen LogP contribution in [0.5, 0.6) is 0 Å². The molecule has 5 N–H and O–H groups in total. The average molecular weight is 256 g/mol. The van der Waals surface area contributed by atoms with E-state index in [1.807, 2.05) is 0 Å². The smallest absolute Gasteiger partial charge is 0.326 e. The Hall–Kier alpha value is -2.09. The van der Waals surface area contributed by atoms with Gasteiger partial charge in [0.2, 0.25) is 0 Å². The lowest BCUT2D eigenvalue weighted by Gasteiger charge is -2.14. The SMILES string of the molecule is Cc1n[nH]c(C)c1NC(=O)N[C@@H](CCO)C(=O)O. The molecule has 0 radical (unpaired) electrons. The van der Waals surface area contributed by atoms with Gasteiger partial charge < -0.3 is 20.8 Å². The summed E-state index contributed by atoms with van der Waals surface area (Å²) in [5, 5.41) is 28.9. The molecule has 0 aliphatic heterocycles. The molecule has 8 heteroatoms. The van der Waals surface area contributed by atoms with E-state index < -0.39 is 18.0 Å².